The van der Waals surface area contributed by atoms with E-state index in [1.807, 2.05) is 19.9 Å². The first-order valence-corrected chi connectivity index (χ1v) is 5.09. The van der Waals surface area contributed by atoms with Crippen molar-refractivity contribution >= 4 is 11.6 Å². The third-order valence-electron chi connectivity index (χ3n) is 2.16. The van der Waals surface area contributed by atoms with Crippen LogP contribution in [0.3, 0.4) is 0 Å². The molecule has 0 atom stereocenters. The number of aryl methyl sites for hydroxylation is 2. The number of halogens is 1. The molecule has 84 valence electrons. The van der Waals surface area contributed by atoms with Gasteiger partial charge in [0.05, 0.1) is 12.8 Å². The van der Waals surface area contributed by atoms with Gasteiger partial charge in [-0.25, -0.2) is 14.6 Å². The van der Waals surface area contributed by atoms with E-state index < -0.39 is 0 Å². The van der Waals surface area contributed by atoms with Crippen molar-refractivity contribution < 1.29 is 4.74 Å². The fourth-order valence-electron chi connectivity index (χ4n) is 1.51. The van der Waals surface area contributed by atoms with Crippen LogP contribution < -0.4 is 4.74 Å². The van der Waals surface area contributed by atoms with Gasteiger partial charge in [0.2, 0.25) is 11.6 Å². The molecule has 0 aliphatic rings. The number of ether oxygens (including phenoxy) is 1. The third kappa shape index (κ3) is 1.74. The van der Waals surface area contributed by atoms with Crippen LogP contribution in [0, 0.1) is 13.8 Å². The van der Waals surface area contributed by atoms with E-state index in [9.17, 15) is 0 Å². The molecule has 0 aliphatic carbocycles. The Kier molecular flexibility index (Phi) is 2.78. The minimum absolute atomic E-state index is 0.278. The van der Waals surface area contributed by atoms with E-state index in [2.05, 4.69) is 15.1 Å². The summed E-state index contributed by atoms with van der Waals surface area (Å²) in [5.74, 6) is 0.975. The molecule has 2 heterocycles. The summed E-state index contributed by atoms with van der Waals surface area (Å²) in [5, 5.41) is 4.60. The highest BCUT2D eigenvalue weighted by molar-refractivity contribution is 6.31. The molecule has 0 fully saturated rings. The summed E-state index contributed by atoms with van der Waals surface area (Å²) in [5.41, 5.74) is 1.87. The van der Waals surface area contributed by atoms with E-state index in [1.54, 1.807) is 4.68 Å². The van der Waals surface area contributed by atoms with Gasteiger partial charge < -0.3 is 4.74 Å². The average Bonchev–Trinajstić information content (AvgIpc) is 2.57. The monoisotopic (exact) mass is 238 g/mol. The molecule has 0 aromatic carbocycles. The lowest BCUT2D eigenvalue weighted by Gasteiger charge is -2.09. The van der Waals surface area contributed by atoms with Crippen molar-refractivity contribution in [2.75, 3.05) is 7.11 Å². The zero-order chi connectivity index (χ0) is 11.7. The summed E-state index contributed by atoms with van der Waals surface area (Å²) in [6.45, 7) is 3.86. The van der Waals surface area contributed by atoms with Crippen molar-refractivity contribution in [1.29, 1.82) is 0 Å². The van der Waals surface area contributed by atoms with Gasteiger partial charge in [0.1, 0.15) is 6.33 Å². The normalized spacial score (nSPS) is 10.5. The number of methoxy groups -OCH3 is 1. The second-order valence-electron chi connectivity index (χ2n) is 3.36. The van der Waals surface area contributed by atoms with Crippen molar-refractivity contribution in [3.8, 4) is 11.6 Å². The molecule has 2 rings (SSSR count). The Hall–Kier alpha value is -1.62. The van der Waals surface area contributed by atoms with Crippen LogP contribution in [0.4, 0.5) is 0 Å². The van der Waals surface area contributed by atoms with Crippen molar-refractivity contribution in [2.24, 2.45) is 0 Å². The van der Waals surface area contributed by atoms with Crippen LogP contribution in [0.25, 0.3) is 5.82 Å². The number of rotatable bonds is 2. The molecular weight excluding hydrogens is 228 g/mol. The number of nitrogens with zero attached hydrogens (tertiary/aromatic N) is 4. The molecule has 0 spiro atoms. The second kappa shape index (κ2) is 4.09. The van der Waals surface area contributed by atoms with Gasteiger partial charge >= 0.3 is 0 Å². The molecule has 5 nitrogen and oxygen atoms in total. The molecule has 0 N–H and O–H groups in total. The van der Waals surface area contributed by atoms with Gasteiger partial charge in [0.25, 0.3) is 0 Å². The van der Waals surface area contributed by atoms with Gasteiger partial charge in [-0.15, -0.1) is 0 Å². The zero-order valence-electron chi connectivity index (χ0n) is 9.23. The van der Waals surface area contributed by atoms with Gasteiger partial charge in [-0.2, -0.15) is 5.10 Å². The van der Waals surface area contributed by atoms with Gasteiger partial charge in [-0.05, 0) is 19.9 Å². The maximum Gasteiger partial charge on any atom is 0.201 e. The Morgan fingerprint density at radius 2 is 2.06 bits per heavy atom. The van der Waals surface area contributed by atoms with Crippen molar-refractivity contribution in [3.05, 3.63) is 28.9 Å². The summed E-state index contributed by atoms with van der Waals surface area (Å²) in [7, 11) is 1.53. The van der Waals surface area contributed by atoms with Gasteiger partial charge in [-0.3, -0.25) is 0 Å². The fraction of sp³-hybridized carbons (Fsp3) is 0.300. The molecule has 6 heteroatoms. The minimum Gasteiger partial charge on any atom is -0.490 e. The molecule has 0 saturated carbocycles. The summed E-state index contributed by atoms with van der Waals surface area (Å²) in [4.78, 5) is 8.00. The number of aromatic nitrogens is 4. The maximum atomic E-state index is 5.92. The first kappa shape index (κ1) is 10.9. The first-order valence-electron chi connectivity index (χ1n) is 4.71. The summed E-state index contributed by atoms with van der Waals surface area (Å²) >= 11 is 5.92. The Balaban J connectivity index is 2.64. The van der Waals surface area contributed by atoms with Crippen LogP contribution in [0.2, 0.25) is 5.15 Å². The van der Waals surface area contributed by atoms with Crippen molar-refractivity contribution in [3.63, 3.8) is 0 Å². The van der Waals surface area contributed by atoms with Crippen LogP contribution in [-0.2, 0) is 0 Å². The third-order valence-corrected chi connectivity index (χ3v) is 2.43. The smallest absolute Gasteiger partial charge is 0.201 e. The average molecular weight is 239 g/mol. The van der Waals surface area contributed by atoms with E-state index in [1.165, 1.54) is 13.4 Å². The van der Waals surface area contributed by atoms with Crippen LogP contribution in [0.5, 0.6) is 5.75 Å². The Morgan fingerprint density at radius 3 is 2.62 bits per heavy atom. The zero-order valence-corrected chi connectivity index (χ0v) is 9.99. The van der Waals surface area contributed by atoms with E-state index in [4.69, 9.17) is 16.3 Å². The molecule has 0 bridgehead atoms. The standard InChI is InChI=1S/C10H11ClN4O/c1-6-4-7(2)15(14-6)10-8(16-3)9(11)12-5-13-10/h4-5H,1-3H3. The van der Waals surface area contributed by atoms with E-state index >= 15 is 0 Å². The second-order valence-corrected chi connectivity index (χ2v) is 3.72. The minimum atomic E-state index is 0.278. The largest absolute Gasteiger partial charge is 0.490 e. The summed E-state index contributed by atoms with van der Waals surface area (Å²) < 4.78 is 6.86. The van der Waals surface area contributed by atoms with Crippen molar-refractivity contribution in [1.82, 2.24) is 19.7 Å². The number of hydrogen-bond donors (Lipinski definition) is 0. The highest BCUT2D eigenvalue weighted by Gasteiger charge is 2.14. The molecule has 16 heavy (non-hydrogen) atoms. The summed E-state index contributed by atoms with van der Waals surface area (Å²) in [6, 6.07) is 1.95. The SMILES string of the molecule is COc1c(Cl)ncnc1-n1nc(C)cc1C. The molecule has 0 unspecified atom stereocenters. The highest BCUT2D eigenvalue weighted by atomic mass is 35.5. The lowest BCUT2D eigenvalue weighted by molar-refractivity contribution is 0.407. The van der Waals surface area contributed by atoms with E-state index in [0.29, 0.717) is 11.6 Å². The van der Waals surface area contributed by atoms with Gasteiger partial charge in [-0.1, -0.05) is 11.6 Å². The van der Waals surface area contributed by atoms with Crippen molar-refractivity contribution in [2.45, 2.75) is 13.8 Å². The predicted octanol–water partition coefficient (Wildman–Crippen LogP) is 1.94. The van der Waals surface area contributed by atoms with Crippen LogP contribution in [0.1, 0.15) is 11.4 Å². The first-order chi connectivity index (χ1) is 7.63. The molecule has 0 radical (unpaired) electrons. The molecule has 2 aromatic heterocycles. The quantitative estimate of drug-likeness (QED) is 0.751. The Morgan fingerprint density at radius 1 is 1.31 bits per heavy atom. The lowest BCUT2D eigenvalue weighted by Crippen LogP contribution is -2.05. The molecular formula is C10H11ClN4O. The van der Waals surface area contributed by atoms with Crippen LogP contribution >= 0.6 is 11.6 Å². The molecule has 0 amide bonds. The predicted molar refractivity (Wildman–Crippen MR) is 60.2 cm³/mol. The summed E-state index contributed by atoms with van der Waals surface area (Å²) in [6.07, 6.45) is 1.39. The lowest BCUT2D eigenvalue weighted by atomic mass is 10.4. The van der Waals surface area contributed by atoms with Crippen LogP contribution in [0.15, 0.2) is 12.4 Å². The molecule has 2 aromatic rings. The molecule has 0 aliphatic heterocycles. The highest BCUT2D eigenvalue weighted by Crippen LogP contribution is 2.27. The van der Waals surface area contributed by atoms with E-state index in [0.717, 1.165) is 11.4 Å². The van der Waals surface area contributed by atoms with Gasteiger partial charge in [0, 0.05) is 5.69 Å². The number of hydrogen-bond acceptors (Lipinski definition) is 4. The van der Waals surface area contributed by atoms with Gasteiger partial charge in [0.15, 0.2) is 5.15 Å². The maximum absolute atomic E-state index is 5.92. The Labute approximate surface area is 98.0 Å². The molecule has 0 saturated heterocycles. The van der Waals surface area contributed by atoms with E-state index in [-0.39, 0.29) is 5.15 Å². The van der Waals surface area contributed by atoms with Crippen LogP contribution in [-0.4, -0.2) is 26.9 Å². The fourth-order valence-corrected chi connectivity index (χ4v) is 1.72. The topological polar surface area (TPSA) is 52.8 Å². The Bertz CT molecular complexity index is 524.